The minimum Gasteiger partial charge on any atom is -0.346 e. The molecule has 4 heterocycles. The molecule has 0 aromatic carbocycles. The molecule has 8 heteroatoms. The molecule has 4 aromatic rings. The Labute approximate surface area is 221 Å². The van der Waals surface area contributed by atoms with Crippen molar-refractivity contribution >= 4 is 0 Å². The van der Waals surface area contributed by atoms with E-state index in [0.29, 0.717) is 6.42 Å². The lowest BCUT2D eigenvalue weighted by molar-refractivity contribution is 0.585. The third kappa shape index (κ3) is 7.21. The highest BCUT2D eigenvalue weighted by atomic mass is 15.0. The van der Waals surface area contributed by atoms with Crippen molar-refractivity contribution in [2.24, 2.45) is 0 Å². The maximum absolute atomic E-state index is 5.07. The molecular formula is C29H44N8. The number of H-pyrrole nitrogens is 4. The molecule has 4 rings (SSSR count). The van der Waals surface area contributed by atoms with Crippen LogP contribution in [0.5, 0.6) is 0 Å². The Hall–Kier alpha value is -3.16. The van der Waals surface area contributed by atoms with Crippen LogP contribution in [0.2, 0.25) is 0 Å². The lowest BCUT2D eigenvalue weighted by Gasteiger charge is -2.04. The van der Waals surface area contributed by atoms with Gasteiger partial charge in [-0.25, -0.2) is 19.9 Å². The standard InChI is InChI=1S/C29H44N8/c1-7-8-9-10-11-12-13-14-29-36-27(16-24-19(3)31-21(5)33-24)28(37-29)17-26-25(34-22(6)35-26)15-23-18(2)30-20(4)32-23/h7-17H2,1-6H3,(H,30,32)(H,31,33)(H,34,35)(H,36,37). The second-order valence-corrected chi connectivity index (χ2v) is 10.5. The summed E-state index contributed by atoms with van der Waals surface area (Å²) in [5, 5.41) is 0. The highest BCUT2D eigenvalue weighted by Crippen LogP contribution is 2.22. The number of nitrogens with one attached hydrogen (secondary N) is 4. The van der Waals surface area contributed by atoms with Crippen molar-refractivity contribution < 1.29 is 0 Å². The Balaban J connectivity index is 1.51. The molecule has 0 saturated carbocycles. The number of rotatable bonds is 14. The Morgan fingerprint density at radius 1 is 0.486 bits per heavy atom. The van der Waals surface area contributed by atoms with Gasteiger partial charge in [0.25, 0.3) is 0 Å². The predicted octanol–water partition coefficient (Wildman–Crippen LogP) is 6.19. The number of imidazole rings is 4. The van der Waals surface area contributed by atoms with E-state index in [-0.39, 0.29) is 0 Å². The summed E-state index contributed by atoms with van der Waals surface area (Å²) in [6.45, 7) is 12.5. The molecule has 4 N–H and O–H groups in total. The van der Waals surface area contributed by atoms with Crippen molar-refractivity contribution in [2.45, 2.75) is 112 Å². The first-order valence-electron chi connectivity index (χ1n) is 14.0. The largest absolute Gasteiger partial charge is 0.346 e. The van der Waals surface area contributed by atoms with Crippen LogP contribution in [-0.4, -0.2) is 39.9 Å². The van der Waals surface area contributed by atoms with Crippen LogP contribution in [0.15, 0.2) is 0 Å². The predicted molar refractivity (Wildman–Crippen MR) is 148 cm³/mol. The number of aryl methyl sites for hydroxylation is 6. The molecule has 4 aromatic heterocycles. The lowest BCUT2D eigenvalue weighted by atomic mass is 10.1. The third-order valence-corrected chi connectivity index (χ3v) is 7.14. The number of aromatic amines is 4. The van der Waals surface area contributed by atoms with E-state index in [1.54, 1.807) is 0 Å². The van der Waals surface area contributed by atoms with Crippen molar-refractivity contribution in [2.75, 3.05) is 0 Å². The first kappa shape index (κ1) is 26.9. The van der Waals surface area contributed by atoms with Gasteiger partial charge in [0.15, 0.2) is 0 Å². The molecule has 0 fully saturated rings. The highest BCUT2D eigenvalue weighted by molar-refractivity contribution is 5.31. The molecule has 0 radical (unpaired) electrons. The van der Waals surface area contributed by atoms with Gasteiger partial charge in [-0.2, -0.15) is 0 Å². The summed E-state index contributed by atoms with van der Waals surface area (Å²) in [6, 6.07) is 0. The zero-order valence-electron chi connectivity index (χ0n) is 23.6. The Kier molecular flexibility index (Phi) is 9.00. The van der Waals surface area contributed by atoms with Gasteiger partial charge in [0, 0.05) is 48.5 Å². The molecule has 0 atom stereocenters. The fraction of sp³-hybridized carbons (Fsp3) is 0.586. The maximum atomic E-state index is 5.07. The number of unbranched alkanes of at least 4 members (excludes halogenated alkanes) is 6. The number of aromatic nitrogens is 8. The zero-order valence-corrected chi connectivity index (χ0v) is 23.6. The first-order valence-corrected chi connectivity index (χ1v) is 14.0. The monoisotopic (exact) mass is 504 g/mol. The van der Waals surface area contributed by atoms with Crippen molar-refractivity contribution in [3.8, 4) is 0 Å². The van der Waals surface area contributed by atoms with Gasteiger partial charge < -0.3 is 19.9 Å². The molecule has 0 bridgehead atoms. The van der Waals surface area contributed by atoms with Gasteiger partial charge in [-0.1, -0.05) is 45.4 Å². The summed E-state index contributed by atoms with van der Waals surface area (Å²) in [6.07, 6.45) is 12.2. The van der Waals surface area contributed by atoms with Crippen LogP contribution in [-0.2, 0) is 25.7 Å². The van der Waals surface area contributed by atoms with E-state index in [9.17, 15) is 0 Å². The van der Waals surface area contributed by atoms with Crippen LogP contribution in [0.1, 0.15) is 121 Å². The lowest BCUT2D eigenvalue weighted by Crippen LogP contribution is -2.02. The van der Waals surface area contributed by atoms with E-state index in [1.807, 2.05) is 20.8 Å². The Morgan fingerprint density at radius 2 is 0.973 bits per heavy atom. The SMILES string of the molecule is CCCCCCCCCc1nc(Cc2nc(C)[nH]c2C)c(Cc2nc(C)[nH]c2Cc2nc(C)[nH]c2C)[nH]1. The fourth-order valence-corrected chi connectivity index (χ4v) is 5.20. The van der Waals surface area contributed by atoms with Crippen LogP contribution in [0.4, 0.5) is 0 Å². The summed E-state index contributed by atoms with van der Waals surface area (Å²) < 4.78 is 0. The minimum atomic E-state index is 0.712. The van der Waals surface area contributed by atoms with Gasteiger partial charge in [0.2, 0.25) is 0 Å². The van der Waals surface area contributed by atoms with Crippen molar-refractivity contribution in [3.63, 3.8) is 0 Å². The third-order valence-electron chi connectivity index (χ3n) is 7.14. The number of hydrogen-bond acceptors (Lipinski definition) is 4. The average molecular weight is 505 g/mol. The zero-order chi connectivity index (χ0) is 26.4. The normalized spacial score (nSPS) is 11.6. The second kappa shape index (κ2) is 12.4. The van der Waals surface area contributed by atoms with Gasteiger partial charge in [0.1, 0.15) is 23.3 Å². The topological polar surface area (TPSA) is 115 Å². The summed E-state index contributed by atoms with van der Waals surface area (Å²) in [5.41, 5.74) is 8.74. The molecule has 0 saturated heterocycles. The van der Waals surface area contributed by atoms with Crippen LogP contribution >= 0.6 is 0 Å². The summed E-state index contributed by atoms with van der Waals surface area (Å²) in [5.74, 6) is 3.90. The molecule has 37 heavy (non-hydrogen) atoms. The van der Waals surface area contributed by atoms with E-state index in [0.717, 1.165) is 88.1 Å². The fourth-order valence-electron chi connectivity index (χ4n) is 5.20. The van der Waals surface area contributed by atoms with E-state index >= 15 is 0 Å². The molecule has 8 nitrogen and oxygen atoms in total. The first-order chi connectivity index (χ1) is 17.8. The van der Waals surface area contributed by atoms with E-state index in [4.69, 9.17) is 15.0 Å². The van der Waals surface area contributed by atoms with E-state index < -0.39 is 0 Å². The Morgan fingerprint density at radius 3 is 1.59 bits per heavy atom. The molecular weight excluding hydrogens is 460 g/mol. The molecule has 200 valence electrons. The molecule has 0 aliphatic heterocycles. The van der Waals surface area contributed by atoms with Crippen LogP contribution in [0.25, 0.3) is 0 Å². The van der Waals surface area contributed by atoms with E-state index in [1.165, 1.54) is 44.9 Å². The summed E-state index contributed by atoms with van der Waals surface area (Å²) in [7, 11) is 0. The highest BCUT2D eigenvalue weighted by Gasteiger charge is 2.19. The smallest absolute Gasteiger partial charge is 0.106 e. The Bertz CT molecular complexity index is 1290. The summed E-state index contributed by atoms with van der Waals surface area (Å²) in [4.78, 5) is 33.2. The molecule has 0 amide bonds. The number of hydrogen-bond donors (Lipinski definition) is 4. The van der Waals surface area contributed by atoms with Crippen LogP contribution < -0.4 is 0 Å². The van der Waals surface area contributed by atoms with Crippen molar-refractivity contribution in [1.29, 1.82) is 0 Å². The van der Waals surface area contributed by atoms with Gasteiger partial charge in [-0.15, -0.1) is 0 Å². The molecule has 0 aliphatic rings. The minimum absolute atomic E-state index is 0.712. The van der Waals surface area contributed by atoms with Gasteiger partial charge in [0.05, 0.1) is 22.8 Å². The quantitative estimate of drug-likeness (QED) is 0.153. The van der Waals surface area contributed by atoms with Crippen molar-refractivity contribution in [1.82, 2.24) is 39.9 Å². The van der Waals surface area contributed by atoms with Gasteiger partial charge >= 0.3 is 0 Å². The average Bonchev–Trinajstić information content (AvgIpc) is 3.56. The van der Waals surface area contributed by atoms with Gasteiger partial charge in [-0.3, -0.25) is 0 Å². The molecule has 0 spiro atoms. The van der Waals surface area contributed by atoms with Crippen LogP contribution in [0, 0.1) is 34.6 Å². The maximum Gasteiger partial charge on any atom is 0.106 e. The van der Waals surface area contributed by atoms with Crippen LogP contribution in [0.3, 0.4) is 0 Å². The number of nitrogens with zero attached hydrogens (tertiary/aromatic N) is 4. The molecule has 0 aliphatic carbocycles. The van der Waals surface area contributed by atoms with E-state index in [2.05, 4.69) is 45.7 Å². The summed E-state index contributed by atoms with van der Waals surface area (Å²) >= 11 is 0. The second-order valence-electron chi connectivity index (χ2n) is 10.5. The van der Waals surface area contributed by atoms with Crippen molar-refractivity contribution in [3.05, 3.63) is 68.8 Å². The van der Waals surface area contributed by atoms with Gasteiger partial charge in [-0.05, 0) is 41.0 Å². The molecule has 0 unspecified atom stereocenters.